The number of ether oxygens (including phenoxy) is 1. The third-order valence-corrected chi connectivity index (χ3v) is 2.25. The third kappa shape index (κ3) is 3.70. The lowest BCUT2D eigenvalue weighted by Gasteiger charge is -2.08. The van der Waals surface area contributed by atoms with Gasteiger partial charge in [-0.3, -0.25) is 0 Å². The van der Waals surface area contributed by atoms with Crippen molar-refractivity contribution in [3.8, 4) is 5.75 Å². The molecule has 0 radical (unpaired) electrons. The van der Waals surface area contributed by atoms with Crippen LogP contribution in [0.4, 0.5) is 4.39 Å². The predicted octanol–water partition coefficient (Wildman–Crippen LogP) is 3.18. The Bertz CT molecular complexity index is 368. The highest BCUT2D eigenvalue weighted by Gasteiger charge is 2.03. The normalized spacial score (nSPS) is 11.6. The van der Waals surface area contributed by atoms with E-state index in [4.69, 9.17) is 33.7 Å². The molecule has 0 aromatic heterocycles. The molecule has 0 aliphatic carbocycles. The van der Waals surface area contributed by atoms with E-state index in [0.717, 1.165) is 0 Å². The summed E-state index contributed by atoms with van der Waals surface area (Å²) in [5.74, 6) is 0.453. The minimum Gasteiger partial charge on any atom is -0.488 e. The van der Waals surface area contributed by atoms with Gasteiger partial charge >= 0.3 is 0 Å². The maximum atomic E-state index is 12.1. The minimum atomic E-state index is 0.0777. The second kappa shape index (κ2) is 5.95. The van der Waals surface area contributed by atoms with Crippen molar-refractivity contribution in [2.75, 3.05) is 13.2 Å². The van der Waals surface area contributed by atoms with Gasteiger partial charge in [0, 0.05) is 17.1 Å². The Morgan fingerprint density at radius 2 is 2.20 bits per heavy atom. The van der Waals surface area contributed by atoms with Gasteiger partial charge in [0.15, 0.2) is 0 Å². The van der Waals surface area contributed by atoms with Crippen molar-refractivity contribution < 1.29 is 9.13 Å². The molecule has 0 spiro atoms. The van der Waals surface area contributed by atoms with E-state index in [9.17, 15) is 4.39 Å². The maximum Gasteiger partial charge on any atom is 0.138 e. The number of hydrogen-bond donors (Lipinski definition) is 1. The number of nitrogens with two attached hydrogens (primary N) is 1. The number of hydrogen-bond acceptors (Lipinski definition) is 2. The molecule has 2 nitrogen and oxygen atoms in total. The summed E-state index contributed by atoms with van der Waals surface area (Å²) in [7, 11) is 0. The predicted molar refractivity (Wildman–Crippen MR) is 60.2 cm³/mol. The Kier molecular flexibility index (Phi) is 4.88. The largest absolute Gasteiger partial charge is 0.488 e. The molecule has 0 fully saturated rings. The van der Waals surface area contributed by atoms with E-state index < -0.39 is 0 Å². The molecule has 0 unspecified atom stereocenters. The van der Waals surface area contributed by atoms with Gasteiger partial charge in [-0.1, -0.05) is 23.2 Å². The fourth-order valence-electron chi connectivity index (χ4n) is 0.898. The molecule has 5 heteroatoms. The Morgan fingerprint density at radius 3 is 2.73 bits per heavy atom. The van der Waals surface area contributed by atoms with Crippen molar-refractivity contribution >= 4 is 23.2 Å². The van der Waals surface area contributed by atoms with E-state index in [1.54, 1.807) is 18.2 Å². The van der Waals surface area contributed by atoms with Crippen LogP contribution in [0.25, 0.3) is 0 Å². The molecule has 15 heavy (non-hydrogen) atoms. The van der Waals surface area contributed by atoms with Crippen LogP contribution >= 0.6 is 23.2 Å². The maximum absolute atomic E-state index is 12.1. The topological polar surface area (TPSA) is 35.2 Å². The highest BCUT2D eigenvalue weighted by atomic mass is 35.5. The highest BCUT2D eigenvalue weighted by Crippen LogP contribution is 2.27. The zero-order chi connectivity index (χ0) is 11.3. The number of halogens is 3. The average molecular weight is 250 g/mol. The van der Waals surface area contributed by atoms with E-state index in [2.05, 4.69) is 0 Å². The van der Waals surface area contributed by atoms with Crippen LogP contribution in [0.5, 0.6) is 5.75 Å². The summed E-state index contributed by atoms with van der Waals surface area (Å²) in [5.41, 5.74) is 5.63. The molecular formula is C10H10Cl2FNO. The van der Waals surface area contributed by atoms with Crippen LogP contribution in [0.1, 0.15) is 0 Å². The lowest BCUT2D eigenvalue weighted by molar-refractivity contribution is 0.348. The zero-order valence-electron chi connectivity index (χ0n) is 7.84. The van der Waals surface area contributed by atoms with Gasteiger partial charge in [-0.15, -0.1) is 0 Å². The average Bonchev–Trinajstić information content (AvgIpc) is 2.22. The fourth-order valence-corrected chi connectivity index (χ4v) is 1.36. The van der Waals surface area contributed by atoms with Crippen molar-refractivity contribution in [1.29, 1.82) is 0 Å². The van der Waals surface area contributed by atoms with Gasteiger partial charge in [-0.05, 0) is 18.2 Å². The second-order valence-corrected chi connectivity index (χ2v) is 3.68. The molecule has 0 saturated carbocycles. The molecule has 0 aliphatic rings. The molecule has 0 heterocycles. The van der Waals surface area contributed by atoms with Crippen LogP contribution in [-0.2, 0) is 0 Å². The number of rotatable bonds is 4. The summed E-state index contributed by atoms with van der Waals surface area (Å²) >= 11 is 11.5. The lowest BCUT2D eigenvalue weighted by atomic mass is 10.3. The lowest BCUT2D eigenvalue weighted by Crippen LogP contribution is -2.10. The Morgan fingerprint density at radius 1 is 1.47 bits per heavy atom. The van der Waals surface area contributed by atoms with E-state index in [0.29, 0.717) is 27.7 Å². The SMILES string of the molecule is NCC(=CF)COc1ccc(Cl)cc1Cl. The molecule has 1 aromatic rings. The summed E-state index contributed by atoms with van der Waals surface area (Å²) < 4.78 is 17.4. The first kappa shape index (κ1) is 12.3. The minimum absolute atomic E-state index is 0.0777. The first-order valence-electron chi connectivity index (χ1n) is 4.23. The van der Waals surface area contributed by atoms with E-state index in [-0.39, 0.29) is 13.2 Å². The van der Waals surface area contributed by atoms with Crippen LogP contribution in [-0.4, -0.2) is 13.2 Å². The van der Waals surface area contributed by atoms with Gasteiger partial charge in [-0.25, -0.2) is 4.39 Å². The van der Waals surface area contributed by atoms with Crippen LogP contribution in [0.15, 0.2) is 30.1 Å². The molecule has 2 N–H and O–H groups in total. The highest BCUT2D eigenvalue weighted by molar-refractivity contribution is 6.35. The van der Waals surface area contributed by atoms with E-state index >= 15 is 0 Å². The van der Waals surface area contributed by atoms with Gasteiger partial charge in [0.1, 0.15) is 12.4 Å². The number of benzene rings is 1. The molecule has 1 aromatic carbocycles. The third-order valence-electron chi connectivity index (χ3n) is 1.72. The van der Waals surface area contributed by atoms with Crippen LogP contribution < -0.4 is 10.5 Å². The van der Waals surface area contributed by atoms with Crippen LogP contribution in [0.2, 0.25) is 10.0 Å². The standard InChI is InChI=1S/C10H10Cl2FNO/c11-8-1-2-10(9(12)3-8)15-6-7(4-13)5-14/h1-4H,5-6,14H2. The van der Waals surface area contributed by atoms with Crippen LogP contribution in [0, 0.1) is 0 Å². The van der Waals surface area contributed by atoms with Crippen molar-refractivity contribution in [3.05, 3.63) is 40.1 Å². The van der Waals surface area contributed by atoms with Crippen LogP contribution in [0.3, 0.4) is 0 Å². The first-order chi connectivity index (χ1) is 7.17. The molecule has 0 bridgehead atoms. The first-order valence-corrected chi connectivity index (χ1v) is 4.99. The fraction of sp³-hybridized carbons (Fsp3) is 0.200. The smallest absolute Gasteiger partial charge is 0.138 e. The Balaban J connectivity index is 2.65. The molecule has 0 aliphatic heterocycles. The summed E-state index contributed by atoms with van der Waals surface area (Å²) in [6, 6.07) is 4.82. The molecule has 1 rings (SSSR count). The Hall–Kier alpha value is -0.770. The molecule has 0 amide bonds. The summed E-state index contributed by atoms with van der Waals surface area (Å²) in [6.45, 7) is 0.191. The van der Waals surface area contributed by atoms with Crippen molar-refractivity contribution in [3.63, 3.8) is 0 Å². The van der Waals surface area contributed by atoms with Gasteiger partial charge in [0.25, 0.3) is 0 Å². The summed E-state index contributed by atoms with van der Waals surface area (Å²) in [4.78, 5) is 0. The molecule has 82 valence electrons. The summed E-state index contributed by atoms with van der Waals surface area (Å²) in [5, 5.41) is 0.908. The van der Waals surface area contributed by atoms with Gasteiger partial charge < -0.3 is 10.5 Å². The van der Waals surface area contributed by atoms with E-state index in [1.807, 2.05) is 0 Å². The monoisotopic (exact) mass is 249 g/mol. The second-order valence-electron chi connectivity index (χ2n) is 2.83. The van der Waals surface area contributed by atoms with Crippen molar-refractivity contribution in [2.24, 2.45) is 5.73 Å². The molecular weight excluding hydrogens is 240 g/mol. The van der Waals surface area contributed by atoms with E-state index in [1.165, 1.54) is 0 Å². The van der Waals surface area contributed by atoms with Gasteiger partial charge in [-0.2, -0.15) is 0 Å². The summed E-state index contributed by atoms with van der Waals surface area (Å²) in [6.07, 6.45) is 0.434. The van der Waals surface area contributed by atoms with Gasteiger partial charge in [0.2, 0.25) is 0 Å². The van der Waals surface area contributed by atoms with Crippen molar-refractivity contribution in [1.82, 2.24) is 0 Å². The van der Waals surface area contributed by atoms with Crippen molar-refractivity contribution in [2.45, 2.75) is 0 Å². The molecule has 0 saturated heterocycles. The quantitative estimate of drug-likeness (QED) is 0.890. The molecule has 0 atom stereocenters. The zero-order valence-corrected chi connectivity index (χ0v) is 9.35. The van der Waals surface area contributed by atoms with Gasteiger partial charge in [0.05, 0.1) is 11.4 Å². The Labute approximate surface area is 97.4 Å².